The molecule has 0 bridgehead atoms. The number of fused-ring (bicyclic) bond motifs is 1. The molecule has 2 aromatic rings. The smallest absolute Gasteiger partial charge is 0.234 e. The summed E-state index contributed by atoms with van der Waals surface area (Å²) < 4.78 is 5.29. The van der Waals surface area contributed by atoms with Gasteiger partial charge >= 0.3 is 0 Å². The fourth-order valence-electron chi connectivity index (χ4n) is 2.88. The minimum atomic E-state index is -0.0496. The van der Waals surface area contributed by atoms with E-state index >= 15 is 0 Å². The predicted octanol–water partition coefficient (Wildman–Crippen LogP) is 3.35. The monoisotopic (exact) mass is 284 g/mol. The molecule has 1 aliphatic carbocycles. The highest BCUT2D eigenvalue weighted by Gasteiger charge is 2.20. The van der Waals surface area contributed by atoms with Crippen molar-refractivity contribution < 1.29 is 9.32 Å². The van der Waals surface area contributed by atoms with Gasteiger partial charge in [0, 0.05) is 5.56 Å². The topological polar surface area (TPSA) is 55.1 Å². The SMILES string of the molecule is Cc1ccc(CC(=O)Nc2onc3c2CCCC3)c(C)c1. The summed E-state index contributed by atoms with van der Waals surface area (Å²) in [6, 6.07) is 6.14. The molecule has 0 saturated carbocycles. The van der Waals surface area contributed by atoms with Gasteiger partial charge in [-0.3, -0.25) is 10.1 Å². The number of hydrogen-bond acceptors (Lipinski definition) is 3. The third-order valence-electron chi connectivity index (χ3n) is 4.06. The first-order valence-electron chi connectivity index (χ1n) is 7.47. The molecule has 110 valence electrons. The van der Waals surface area contributed by atoms with Crippen LogP contribution in [0, 0.1) is 13.8 Å². The van der Waals surface area contributed by atoms with Crippen LogP contribution in [0.3, 0.4) is 0 Å². The molecule has 3 rings (SSSR count). The van der Waals surface area contributed by atoms with Crippen molar-refractivity contribution in [3.05, 3.63) is 46.1 Å². The molecule has 1 amide bonds. The molecule has 1 aromatic heterocycles. The lowest BCUT2D eigenvalue weighted by Crippen LogP contribution is -2.16. The summed E-state index contributed by atoms with van der Waals surface area (Å²) >= 11 is 0. The number of nitrogens with zero attached hydrogens (tertiary/aromatic N) is 1. The van der Waals surface area contributed by atoms with Crippen LogP contribution >= 0.6 is 0 Å². The van der Waals surface area contributed by atoms with Crippen molar-refractivity contribution >= 4 is 11.8 Å². The van der Waals surface area contributed by atoms with Crippen molar-refractivity contribution in [3.63, 3.8) is 0 Å². The normalized spacial score (nSPS) is 13.8. The quantitative estimate of drug-likeness (QED) is 0.940. The van der Waals surface area contributed by atoms with Gasteiger partial charge in [0.1, 0.15) is 0 Å². The van der Waals surface area contributed by atoms with Crippen LogP contribution in [0.4, 0.5) is 5.88 Å². The lowest BCUT2D eigenvalue weighted by atomic mass is 9.97. The van der Waals surface area contributed by atoms with Gasteiger partial charge in [0.25, 0.3) is 0 Å². The maximum atomic E-state index is 12.2. The number of aromatic nitrogens is 1. The van der Waals surface area contributed by atoms with E-state index in [9.17, 15) is 4.79 Å². The summed E-state index contributed by atoms with van der Waals surface area (Å²) in [5.41, 5.74) is 5.48. The molecule has 1 N–H and O–H groups in total. The summed E-state index contributed by atoms with van der Waals surface area (Å²) in [6.45, 7) is 4.09. The molecule has 0 unspecified atom stereocenters. The predicted molar refractivity (Wildman–Crippen MR) is 81.4 cm³/mol. The Morgan fingerprint density at radius 2 is 2.10 bits per heavy atom. The Hall–Kier alpha value is -2.10. The highest BCUT2D eigenvalue weighted by Crippen LogP contribution is 2.27. The second kappa shape index (κ2) is 5.72. The number of amides is 1. The molecule has 1 heterocycles. The van der Waals surface area contributed by atoms with Crippen LogP contribution in [0.2, 0.25) is 0 Å². The molecule has 0 spiro atoms. The number of anilines is 1. The van der Waals surface area contributed by atoms with E-state index < -0.39 is 0 Å². The number of hydrogen-bond donors (Lipinski definition) is 1. The third-order valence-corrected chi connectivity index (χ3v) is 4.06. The Kier molecular flexibility index (Phi) is 3.78. The fraction of sp³-hybridized carbons (Fsp3) is 0.412. The van der Waals surface area contributed by atoms with Crippen LogP contribution in [0.1, 0.15) is 40.8 Å². The minimum absolute atomic E-state index is 0.0496. The van der Waals surface area contributed by atoms with Crippen LogP contribution in [0.25, 0.3) is 0 Å². The first kappa shape index (κ1) is 13.9. The van der Waals surface area contributed by atoms with Gasteiger partial charge in [0.2, 0.25) is 11.8 Å². The molecule has 1 aliphatic rings. The van der Waals surface area contributed by atoms with Crippen LogP contribution in [-0.4, -0.2) is 11.1 Å². The van der Waals surface area contributed by atoms with Gasteiger partial charge in [-0.25, -0.2) is 0 Å². The highest BCUT2D eigenvalue weighted by atomic mass is 16.5. The molecule has 0 saturated heterocycles. The Balaban J connectivity index is 1.70. The van der Waals surface area contributed by atoms with Gasteiger partial charge < -0.3 is 4.52 Å². The van der Waals surface area contributed by atoms with Gasteiger partial charge in [-0.05, 0) is 50.7 Å². The Morgan fingerprint density at radius 1 is 1.29 bits per heavy atom. The first-order chi connectivity index (χ1) is 10.1. The Labute approximate surface area is 124 Å². The van der Waals surface area contributed by atoms with Crippen molar-refractivity contribution in [2.75, 3.05) is 5.32 Å². The second-order valence-electron chi connectivity index (χ2n) is 5.80. The van der Waals surface area contributed by atoms with E-state index in [1.165, 1.54) is 5.56 Å². The minimum Gasteiger partial charge on any atom is -0.338 e. The van der Waals surface area contributed by atoms with Gasteiger partial charge in [-0.1, -0.05) is 28.9 Å². The van der Waals surface area contributed by atoms with Crippen molar-refractivity contribution in [1.29, 1.82) is 0 Å². The molecule has 4 nitrogen and oxygen atoms in total. The average molecular weight is 284 g/mol. The van der Waals surface area contributed by atoms with Gasteiger partial charge in [0.15, 0.2) is 0 Å². The summed E-state index contributed by atoms with van der Waals surface area (Å²) in [4.78, 5) is 12.2. The van der Waals surface area contributed by atoms with Gasteiger partial charge in [-0.15, -0.1) is 0 Å². The summed E-state index contributed by atoms with van der Waals surface area (Å²) in [6.07, 6.45) is 4.54. The van der Waals surface area contributed by atoms with Gasteiger partial charge in [-0.2, -0.15) is 0 Å². The highest BCUT2D eigenvalue weighted by molar-refractivity contribution is 5.91. The summed E-state index contributed by atoms with van der Waals surface area (Å²) in [5, 5.41) is 6.93. The zero-order valence-electron chi connectivity index (χ0n) is 12.5. The van der Waals surface area contributed by atoms with E-state index in [2.05, 4.69) is 23.5 Å². The largest absolute Gasteiger partial charge is 0.338 e. The van der Waals surface area contributed by atoms with Crippen molar-refractivity contribution in [1.82, 2.24) is 5.16 Å². The average Bonchev–Trinajstić information content (AvgIpc) is 2.85. The molecule has 0 radical (unpaired) electrons. The number of carbonyl (C=O) groups excluding carboxylic acids is 1. The zero-order chi connectivity index (χ0) is 14.8. The van der Waals surface area contributed by atoms with Crippen molar-refractivity contribution in [3.8, 4) is 0 Å². The van der Waals surface area contributed by atoms with E-state index in [1.54, 1.807) is 0 Å². The van der Waals surface area contributed by atoms with Crippen molar-refractivity contribution in [2.45, 2.75) is 46.0 Å². The number of carbonyl (C=O) groups is 1. The standard InChI is InChI=1S/C17H20N2O2/c1-11-7-8-13(12(2)9-11)10-16(20)18-17-14-5-3-4-6-15(14)19-21-17/h7-9H,3-6,10H2,1-2H3,(H,18,20). The number of benzene rings is 1. The molecule has 21 heavy (non-hydrogen) atoms. The van der Waals surface area contributed by atoms with E-state index in [4.69, 9.17) is 4.52 Å². The van der Waals surface area contributed by atoms with Crippen molar-refractivity contribution in [2.24, 2.45) is 0 Å². The van der Waals surface area contributed by atoms with E-state index in [1.807, 2.05) is 19.1 Å². The van der Waals surface area contributed by atoms with Crippen LogP contribution < -0.4 is 5.32 Å². The molecule has 0 atom stereocenters. The van der Waals surface area contributed by atoms with Crippen LogP contribution in [0.15, 0.2) is 22.7 Å². The molecule has 1 aromatic carbocycles. The zero-order valence-corrected chi connectivity index (χ0v) is 12.5. The maximum absolute atomic E-state index is 12.2. The Bertz CT molecular complexity index is 673. The van der Waals surface area contributed by atoms with E-state index in [0.717, 1.165) is 48.1 Å². The van der Waals surface area contributed by atoms with Gasteiger partial charge in [0.05, 0.1) is 12.1 Å². The fourth-order valence-corrected chi connectivity index (χ4v) is 2.88. The lowest BCUT2D eigenvalue weighted by Gasteiger charge is -2.10. The lowest BCUT2D eigenvalue weighted by molar-refractivity contribution is -0.115. The Morgan fingerprint density at radius 3 is 2.90 bits per heavy atom. The third kappa shape index (κ3) is 2.99. The summed E-state index contributed by atoms with van der Waals surface area (Å²) in [5.74, 6) is 0.492. The number of rotatable bonds is 3. The first-order valence-corrected chi connectivity index (χ1v) is 7.47. The molecule has 0 fully saturated rings. The second-order valence-corrected chi connectivity index (χ2v) is 5.80. The molecule has 4 heteroatoms. The van der Waals surface area contributed by atoms with Crippen LogP contribution in [0.5, 0.6) is 0 Å². The van der Waals surface area contributed by atoms with Crippen LogP contribution in [-0.2, 0) is 24.1 Å². The maximum Gasteiger partial charge on any atom is 0.234 e. The van der Waals surface area contributed by atoms with E-state index in [-0.39, 0.29) is 5.91 Å². The van der Waals surface area contributed by atoms with E-state index in [0.29, 0.717) is 12.3 Å². The molecular formula is C17H20N2O2. The molecular weight excluding hydrogens is 264 g/mol. The number of nitrogens with one attached hydrogen (secondary N) is 1. The number of aryl methyl sites for hydroxylation is 3. The molecule has 0 aliphatic heterocycles. The summed E-state index contributed by atoms with van der Waals surface area (Å²) in [7, 11) is 0.